The van der Waals surface area contributed by atoms with Gasteiger partial charge in [-0.15, -0.1) is 0 Å². The second-order valence-corrected chi connectivity index (χ2v) is 7.84. The molecule has 0 bridgehead atoms. The van der Waals surface area contributed by atoms with Crippen molar-refractivity contribution in [3.05, 3.63) is 82.8 Å². The molecule has 5 aromatic rings. The van der Waals surface area contributed by atoms with Crippen LogP contribution in [0.3, 0.4) is 0 Å². The van der Waals surface area contributed by atoms with Gasteiger partial charge in [0.15, 0.2) is 23.6 Å². The summed E-state index contributed by atoms with van der Waals surface area (Å²) < 4.78 is 68.8. The first kappa shape index (κ1) is 22.2. The standard InChI is InChI=1S/C22H10Cl2F4N4O2/c23-11-3-1-4-12(7-11)32-21(22(26,27)28)13(8-30-32)20-18(16-9-29-10-33-16)19(31-34-20)17-14(24)5-2-6-15(17)25/h1-10H. The lowest BCUT2D eigenvalue weighted by Crippen LogP contribution is -2.14. The van der Waals surface area contributed by atoms with E-state index in [2.05, 4.69) is 15.2 Å². The summed E-state index contributed by atoms with van der Waals surface area (Å²) in [6.45, 7) is 0. The Hall–Kier alpha value is -3.63. The second kappa shape index (κ2) is 8.30. The van der Waals surface area contributed by atoms with Crippen LogP contribution in [-0.2, 0) is 6.18 Å². The molecule has 0 atom stereocenters. The largest absolute Gasteiger partial charge is 0.443 e. The van der Waals surface area contributed by atoms with Crippen LogP contribution >= 0.6 is 23.2 Å². The third kappa shape index (κ3) is 3.74. The fourth-order valence-electron chi connectivity index (χ4n) is 3.53. The maximum atomic E-state index is 14.7. The van der Waals surface area contributed by atoms with Crippen LogP contribution in [0.4, 0.5) is 17.6 Å². The van der Waals surface area contributed by atoms with Crippen LogP contribution in [0.2, 0.25) is 10.0 Å². The molecule has 0 fully saturated rings. The van der Waals surface area contributed by atoms with Crippen molar-refractivity contribution in [2.45, 2.75) is 6.18 Å². The van der Waals surface area contributed by atoms with Crippen molar-refractivity contribution in [3.8, 4) is 39.6 Å². The summed E-state index contributed by atoms with van der Waals surface area (Å²) in [4.78, 5) is 3.81. The second-order valence-electron chi connectivity index (χ2n) is 6.99. The molecule has 0 amide bonds. The van der Waals surface area contributed by atoms with E-state index >= 15 is 0 Å². The molecule has 0 saturated carbocycles. The van der Waals surface area contributed by atoms with Crippen molar-refractivity contribution >= 4 is 23.2 Å². The molecule has 2 aromatic carbocycles. The van der Waals surface area contributed by atoms with Gasteiger partial charge < -0.3 is 8.94 Å². The van der Waals surface area contributed by atoms with Crippen molar-refractivity contribution in [2.24, 2.45) is 0 Å². The molecular formula is C22H10Cl2F4N4O2. The van der Waals surface area contributed by atoms with Gasteiger partial charge in [-0.2, -0.15) is 18.3 Å². The fraction of sp³-hybridized carbons (Fsp3) is 0.0455. The van der Waals surface area contributed by atoms with Gasteiger partial charge in [-0.05, 0) is 30.3 Å². The van der Waals surface area contributed by atoms with E-state index in [0.717, 1.165) is 18.7 Å². The Balaban J connectivity index is 1.80. The molecule has 0 N–H and O–H groups in total. The number of hydrogen-bond acceptors (Lipinski definition) is 5. The van der Waals surface area contributed by atoms with Gasteiger partial charge in [0.2, 0.25) is 0 Å². The van der Waals surface area contributed by atoms with Gasteiger partial charge in [-0.3, -0.25) is 0 Å². The van der Waals surface area contributed by atoms with Gasteiger partial charge in [-0.1, -0.05) is 40.5 Å². The molecule has 0 aliphatic heterocycles. The summed E-state index contributed by atoms with van der Waals surface area (Å²) >= 11 is 12.1. The van der Waals surface area contributed by atoms with E-state index in [1.165, 1.54) is 42.6 Å². The normalized spacial score (nSPS) is 11.8. The van der Waals surface area contributed by atoms with E-state index in [4.69, 9.17) is 32.1 Å². The Morgan fingerprint density at radius 1 is 0.971 bits per heavy atom. The van der Waals surface area contributed by atoms with Gasteiger partial charge in [0.05, 0.1) is 39.8 Å². The van der Waals surface area contributed by atoms with E-state index < -0.39 is 23.3 Å². The molecule has 172 valence electrons. The van der Waals surface area contributed by atoms with Crippen molar-refractivity contribution in [1.29, 1.82) is 0 Å². The van der Waals surface area contributed by atoms with Crippen LogP contribution in [0.25, 0.3) is 39.6 Å². The Labute approximate surface area is 198 Å². The monoisotopic (exact) mass is 508 g/mol. The van der Waals surface area contributed by atoms with E-state index in [1.807, 2.05) is 0 Å². The van der Waals surface area contributed by atoms with Gasteiger partial charge in [0.1, 0.15) is 11.5 Å². The average molecular weight is 509 g/mol. The summed E-state index contributed by atoms with van der Waals surface area (Å²) in [5.74, 6) is -1.11. The highest BCUT2D eigenvalue weighted by Crippen LogP contribution is 2.46. The number of nitrogens with zero attached hydrogens (tertiary/aromatic N) is 4. The van der Waals surface area contributed by atoms with Crippen LogP contribution in [0, 0.1) is 5.82 Å². The predicted molar refractivity (Wildman–Crippen MR) is 115 cm³/mol. The number of aromatic nitrogens is 4. The highest BCUT2D eigenvalue weighted by Gasteiger charge is 2.41. The summed E-state index contributed by atoms with van der Waals surface area (Å²) in [7, 11) is 0. The lowest BCUT2D eigenvalue weighted by molar-refractivity contribution is -0.142. The zero-order chi connectivity index (χ0) is 24.0. The first-order valence-electron chi connectivity index (χ1n) is 9.50. The lowest BCUT2D eigenvalue weighted by atomic mass is 10.0. The van der Waals surface area contributed by atoms with Crippen molar-refractivity contribution in [3.63, 3.8) is 0 Å². The number of rotatable bonds is 4. The maximum Gasteiger partial charge on any atom is 0.434 e. The summed E-state index contributed by atoms with van der Waals surface area (Å²) in [5, 5.41) is 7.96. The first-order chi connectivity index (χ1) is 16.3. The highest BCUT2D eigenvalue weighted by molar-refractivity contribution is 6.33. The lowest BCUT2D eigenvalue weighted by Gasteiger charge is -2.12. The van der Waals surface area contributed by atoms with Crippen LogP contribution in [0.15, 0.2) is 70.2 Å². The third-order valence-corrected chi connectivity index (χ3v) is 5.46. The fourth-order valence-corrected chi connectivity index (χ4v) is 3.96. The van der Waals surface area contributed by atoms with Gasteiger partial charge >= 0.3 is 6.18 Å². The third-order valence-electron chi connectivity index (χ3n) is 4.91. The topological polar surface area (TPSA) is 69.9 Å². The molecule has 0 aliphatic rings. The van der Waals surface area contributed by atoms with Crippen LogP contribution in [-0.4, -0.2) is 19.9 Å². The Morgan fingerprint density at radius 2 is 1.76 bits per heavy atom. The minimum atomic E-state index is -4.87. The molecule has 5 rings (SSSR count). The first-order valence-corrected chi connectivity index (χ1v) is 10.3. The van der Waals surface area contributed by atoms with Crippen LogP contribution in [0.5, 0.6) is 0 Å². The summed E-state index contributed by atoms with van der Waals surface area (Å²) in [5.41, 5.74) is -1.92. The zero-order valence-corrected chi connectivity index (χ0v) is 18.2. The molecule has 0 radical (unpaired) electrons. The quantitative estimate of drug-likeness (QED) is 0.238. The number of alkyl halides is 3. The number of benzene rings is 2. The molecule has 0 saturated heterocycles. The smallest absolute Gasteiger partial charge is 0.434 e. The van der Waals surface area contributed by atoms with Gasteiger partial charge in [-0.25, -0.2) is 14.1 Å². The molecule has 34 heavy (non-hydrogen) atoms. The number of hydrogen-bond donors (Lipinski definition) is 0. The highest BCUT2D eigenvalue weighted by atomic mass is 35.5. The molecule has 3 aromatic heterocycles. The van der Waals surface area contributed by atoms with Gasteiger partial charge in [0.25, 0.3) is 0 Å². The minimum absolute atomic E-state index is 0.00537. The van der Waals surface area contributed by atoms with Crippen molar-refractivity contribution in [2.75, 3.05) is 0 Å². The van der Waals surface area contributed by atoms with E-state index in [-0.39, 0.29) is 44.1 Å². The Bertz CT molecular complexity index is 1470. The molecule has 0 aliphatic carbocycles. The van der Waals surface area contributed by atoms with Gasteiger partial charge in [0, 0.05) is 5.02 Å². The van der Waals surface area contributed by atoms with Crippen molar-refractivity contribution < 1.29 is 26.5 Å². The van der Waals surface area contributed by atoms with Crippen molar-refractivity contribution in [1.82, 2.24) is 19.9 Å². The predicted octanol–water partition coefficient (Wildman–Crippen LogP) is 7.31. The summed E-state index contributed by atoms with van der Waals surface area (Å²) in [6.07, 6.45) is -1.59. The Morgan fingerprint density at radius 3 is 2.44 bits per heavy atom. The average Bonchev–Trinajstić information content (AvgIpc) is 3.52. The molecule has 6 nitrogen and oxygen atoms in total. The Kier molecular flexibility index (Phi) is 5.41. The summed E-state index contributed by atoms with van der Waals surface area (Å²) in [6, 6.07) is 9.69. The zero-order valence-electron chi connectivity index (χ0n) is 16.6. The molecular weight excluding hydrogens is 499 g/mol. The van der Waals surface area contributed by atoms with Crippen LogP contribution in [0.1, 0.15) is 5.69 Å². The molecule has 0 unspecified atom stereocenters. The van der Waals surface area contributed by atoms with E-state index in [9.17, 15) is 17.6 Å². The minimum Gasteiger partial charge on any atom is -0.443 e. The maximum absolute atomic E-state index is 14.7. The number of halogens is 6. The molecule has 0 spiro atoms. The van der Waals surface area contributed by atoms with E-state index in [1.54, 1.807) is 0 Å². The number of oxazole rings is 1. The van der Waals surface area contributed by atoms with Crippen LogP contribution < -0.4 is 0 Å². The SMILES string of the molecule is Fc1cccc(Cl)c1-c1noc(-c2cnn(-c3cccc(Cl)c3)c2C(F)(F)F)c1-c1cnco1. The molecule has 3 heterocycles. The molecule has 12 heteroatoms. The van der Waals surface area contributed by atoms with E-state index in [0.29, 0.717) is 4.68 Å².